The molecule has 0 spiro atoms. The first-order valence-corrected chi connectivity index (χ1v) is 33.3. The minimum absolute atomic E-state index is 0.0177. The SMILES string of the molecule is C=Cc1c(C)c2cc3nc(c(CC(=O)NCCC[Si](O[Si](C)(C)C)(O[Si](C)(C)C)OS(C)(C)C)c4nc(cc5[nH]c(cc1[nH]2)c(C)c5CC)C(C)=C4C(=O)O)C(CCC(=O)O)C3C. The van der Waals surface area contributed by atoms with Gasteiger partial charge >= 0.3 is 20.7 Å². The number of allylic oxidation sites excluding steroid dienone is 1. The lowest BCUT2D eigenvalue weighted by Gasteiger charge is -2.44. The van der Waals surface area contributed by atoms with Crippen molar-refractivity contribution in [3.05, 3.63) is 75.4 Å². The summed E-state index contributed by atoms with van der Waals surface area (Å²) in [4.78, 5) is 57.1. The number of H-pyrrole nitrogens is 2. The van der Waals surface area contributed by atoms with E-state index in [-0.39, 0.29) is 42.4 Å². The van der Waals surface area contributed by atoms with Crippen LogP contribution in [0.3, 0.4) is 0 Å². The highest BCUT2D eigenvalue weighted by atomic mass is 32.3. The minimum atomic E-state index is -3.18. The lowest BCUT2D eigenvalue weighted by molar-refractivity contribution is -0.137. The summed E-state index contributed by atoms with van der Waals surface area (Å²) >= 11 is 0. The third-order valence-corrected chi connectivity index (χ3v) is 22.6. The average molecular weight is 936 g/mol. The molecule has 344 valence electrons. The van der Waals surface area contributed by atoms with Crippen LogP contribution in [0.2, 0.25) is 45.3 Å². The van der Waals surface area contributed by atoms with Gasteiger partial charge in [0, 0.05) is 69.7 Å². The zero-order chi connectivity index (χ0) is 47.0. The molecule has 5 N–H and O–H groups in total. The number of carbonyl (C=O) groups excluding carboxylic acids is 1. The van der Waals surface area contributed by atoms with Gasteiger partial charge in [-0.05, 0) is 139 Å². The van der Waals surface area contributed by atoms with Crippen molar-refractivity contribution >= 4 is 92.9 Å². The summed E-state index contributed by atoms with van der Waals surface area (Å²) in [5, 5.41) is 23.9. The Labute approximate surface area is 377 Å². The van der Waals surface area contributed by atoms with Gasteiger partial charge in [-0.3, -0.25) is 14.6 Å². The molecule has 2 aliphatic rings. The molecule has 5 rings (SSSR count). The molecule has 1 amide bonds. The van der Waals surface area contributed by atoms with Crippen LogP contribution in [0.25, 0.3) is 39.3 Å². The number of aryl methyl sites for hydroxylation is 3. The number of aromatic amines is 2. The number of hydrogen-bond acceptors (Lipinski definition) is 8. The van der Waals surface area contributed by atoms with Crippen LogP contribution < -0.4 is 5.32 Å². The summed E-state index contributed by atoms with van der Waals surface area (Å²) in [6, 6.07) is 6.44. The fourth-order valence-corrected chi connectivity index (χ4v) is 22.3. The van der Waals surface area contributed by atoms with Crippen molar-refractivity contribution < 1.29 is 36.7 Å². The van der Waals surface area contributed by atoms with E-state index in [1.807, 2.05) is 32.1 Å². The third-order valence-electron chi connectivity index (χ3n) is 11.2. The molecule has 3 aromatic heterocycles. The van der Waals surface area contributed by atoms with E-state index in [4.69, 9.17) is 22.1 Å². The summed E-state index contributed by atoms with van der Waals surface area (Å²) in [6.45, 7) is 27.1. The van der Waals surface area contributed by atoms with Crippen LogP contribution in [0.4, 0.5) is 0 Å². The van der Waals surface area contributed by atoms with E-state index in [0.717, 1.165) is 50.7 Å². The molecule has 63 heavy (non-hydrogen) atoms. The van der Waals surface area contributed by atoms with Crippen molar-refractivity contribution in [1.29, 1.82) is 0 Å². The van der Waals surface area contributed by atoms with Crippen LogP contribution in [0.5, 0.6) is 0 Å². The van der Waals surface area contributed by atoms with Crippen molar-refractivity contribution in [2.75, 3.05) is 25.3 Å². The largest absolute Gasteiger partial charge is 0.490 e. The van der Waals surface area contributed by atoms with Gasteiger partial charge in [0.25, 0.3) is 0 Å². The molecule has 3 aromatic rings. The van der Waals surface area contributed by atoms with E-state index in [9.17, 15) is 24.6 Å². The number of carboxylic acid groups (broad SMARTS) is 2. The maximum atomic E-state index is 14.3. The summed E-state index contributed by atoms with van der Waals surface area (Å²) in [6.07, 6.45) is 9.19. The Morgan fingerprint density at radius 2 is 1.51 bits per heavy atom. The van der Waals surface area contributed by atoms with Crippen molar-refractivity contribution in [2.24, 2.45) is 0 Å². The van der Waals surface area contributed by atoms with Gasteiger partial charge in [0.2, 0.25) is 5.91 Å². The normalized spacial score (nSPS) is 16.3. The smallest absolute Gasteiger partial charge is 0.481 e. The Morgan fingerprint density at radius 1 is 0.889 bits per heavy atom. The van der Waals surface area contributed by atoms with Crippen molar-refractivity contribution in [2.45, 2.75) is 124 Å². The minimum Gasteiger partial charge on any atom is -0.481 e. The van der Waals surface area contributed by atoms with E-state index >= 15 is 0 Å². The standard InChI is InChI=1S/C46H69N5O8SSi3/c1-16-31-27(3)35-24-37-29(5)33(19-20-42(53)54)44(50-37)34(23-41(52)47-21-18-22-63(57-60(7,8)9,58-61(10,11)12)59-62(13,14)15)45-43(46(55)56)30(6)38(51-45)26-40-32(17-2)28(4)36(49-40)25-39(31)48-35/h16,24-26,29,33,48-49H,1,17-23H2,2-15H3,(H,47,52)(H,53,54)(H,55,56). The van der Waals surface area contributed by atoms with Crippen LogP contribution in [-0.2, 0) is 39.3 Å². The highest BCUT2D eigenvalue weighted by molar-refractivity contribution is 8.28. The van der Waals surface area contributed by atoms with Gasteiger partial charge in [-0.1, -0.05) is 26.5 Å². The lowest BCUT2D eigenvalue weighted by atomic mass is 9.84. The maximum Gasteiger partial charge on any atom is 0.490 e. The number of aromatic nitrogens is 4. The third kappa shape index (κ3) is 12.0. The number of fused-ring (bicyclic) bond motifs is 8. The monoisotopic (exact) mass is 935 g/mol. The second kappa shape index (κ2) is 19.2. The quantitative estimate of drug-likeness (QED) is 0.0607. The van der Waals surface area contributed by atoms with E-state index < -0.39 is 53.6 Å². The Hall–Kier alpha value is -4.11. The molecule has 8 bridgehead atoms. The molecule has 2 aliphatic heterocycles. The number of carboxylic acids is 2. The second-order valence-electron chi connectivity index (χ2n) is 19.5. The first kappa shape index (κ1) is 49.9. The highest BCUT2D eigenvalue weighted by Crippen LogP contribution is 2.45. The van der Waals surface area contributed by atoms with Crippen LogP contribution in [0.1, 0.15) is 102 Å². The fraction of sp³-hybridized carbons (Fsp3) is 0.500. The van der Waals surface area contributed by atoms with Crippen molar-refractivity contribution in [1.82, 2.24) is 25.3 Å². The molecule has 5 heterocycles. The van der Waals surface area contributed by atoms with Crippen LogP contribution in [0.15, 0.2) is 24.8 Å². The Balaban J connectivity index is 1.72. The number of rotatable bonds is 18. The maximum absolute atomic E-state index is 14.3. The van der Waals surface area contributed by atoms with E-state index in [2.05, 4.69) is 99.8 Å². The average Bonchev–Trinajstić information content (AvgIpc) is 3.82. The molecule has 0 fully saturated rings. The number of carbonyl (C=O) groups is 3. The summed E-state index contributed by atoms with van der Waals surface area (Å²) in [7, 11) is -8.90. The number of aliphatic carboxylic acids is 2. The zero-order valence-corrected chi connectivity index (χ0v) is 43.6. The molecule has 0 aliphatic carbocycles. The predicted molar refractivity (Wildman–Crippen MR) is 265 cm³/mol. The van der Waals surface area contributed by atoms with Crippen LogP contribution in [0, 0.1) is 13.8 Å². The summed E-state index contributed by atoms with van der Waals surface area (Å²) in [5.41, 5.74) is 9.99. The van der Waals surface area contributed by atoms with Crippen molar-refractivity contribution in [3.63, 3.8) is 0 Å². The summed E-state index contributed by atoms with van der Waals surface area (Å²) in [5.74, 6) is -3.20. The van der Waals surface area contributed by atoms with Crippen molar-refractivity contribution in [3.8, 4) is 0 Å². The van der Waals surface area contributed by atoms with Gasteiger partial charge in [0.15, 0.2) is 16.6 Å². The van der Waals surface area contributed by atoms with Gasteiger partial charge < -0.3 is 37.6 Å². The van der Waals surface area contributed by atoms with Gasteiger partial charge in [-0.25, -0.2) is 9.78 Å². The van der Waals surface area contributed by atoms with Gasteiger partial charge in [-0.2, -0.15) is 10.3 Å². The first-order valence-electron chi connectivity index (χ1n) is 21.8. The second-order valence-corrected chi connectivity index (χ2v) is 35.5. The lowest BCUT2D eigenvalue weighted by Crippen LogP contribution is -2.57. The van der Waals surface area contributed by atoms with Gasteiger partial charge in [-0.15, -0.1) is 0 Å². The van der Waals surface area contributed by atoms with Crippen LogP contribution >= 0.6 is 10.3 Å². The van der Waals surface area contributed by atoms with E-state index in [1.165, 1.54) is 0 Å². The number of amides is 1. The fourth-order valence-electron chi connectivity index (χ4n) is 8.64. The Bertz CT molecular complexity index is 2450. The molecule has 0 saturated heterocycles. The molecule has 2 atom stereocenters. The highest BCUT2D eigenvalue weighted by Gasteiger charge is 2.49. The Kier molecular flexibility index (Phi) is 15.2. The van der Waals surface area contributed by atoms with E-state index in [0.29, 0.717) is 47.2 Å². The molecule has 0 radical (unpaired) electrons. The molecular weight excluding hydrogens is 867 g/mol. The van der Waals surface area contributed by atoms with Gasteiger partial charge in [0.1, 0.15) is 0 Å². The number of hydrogen-bond donors (Lipinski definition) is 5. The molecular formula is C46H69N5O8SSi3. The molecule has 0 saturated carbocycles. The topological polar surface area (TPSA) is 189 Å². The zero-order valence-electron chi connectivity index (χ0n) is 39.8. The number of nitrogens with one attached hydrogen (secondary N) is 3. The molecule has 2 unspecified atom stereocenters. The number of nitrogens with zero attached hydrogens (tertiary/aromatic N) is 2. The van der Waals surface area contributed by atoms with E-state index in [1.54, 1.807) is 6.92 Å². The van der Waals surface area contributed by atoms with Gasteiger partial charge in [0.05, 0.1) is 29.1 Å². The van der Waals surface area contributed by atoms with Crippen LogP contribution in [-0.4, -0.2) is 98.7 Å². The first-order chi connectivity index (χ1) is 29.2. The Morgan fingerprint density at radius 3 is 2.06 bits per heavy atom. The molecule has 13 nitrogen and oxygen atoms in total. The summed E-state index contributed by atoms with van der Waals surface area (Å²) < 4.78 is 20.5. The predicted octanol–water partition coefficient (Wildman–Crippen LogP) is 10.2. The molecule has 0 aromatic carbocycles. The molecule has 17 heteroatoms.